The summed E-state index contributed by atoms with van der Waals surface area (Å²) in [5.74, 6) is 0. The molecule has 0 heterocycles. The number of halogens is 3. The molecule has 11 heteroatoms. The lowest BCUT2D eigenvalue weighted by molar-refractivity contribution is 0.0212. The first-order chi connectivity index (χ1) is 11.5. The Morgan fingerprint density at radius 1 is 0.885 bits per heavy atom. The van der Waals surface area contributed by atoms with Gasteiger partial charge in [0, 0.05) is 6.54 Å². The fourth-order valence-electron chi connectivity index (χ4n) is 1.38. The molecule has 0 radical (unpaired) electrons. The van der Waals surface area contributed by atoms with E-state index >= 15 is 0 Å². The third kappa shape index (κ3) is 13.1. The van der Waals surface area contributed by atoms with Crippen molar-refractivity contribution in [1.29, 1.82) is 0 Å². The molecule has 0 saturated carbocycles. The third-order valence-electron chi connectivity index (χ3n) is 2.20. The van der Waals surface area contributed by atoms with Crippen molar-refractivity contribution in [2.45, 2.75) is 56.5 Å². The summed E-state index contributed by atoms with van der Waals surface area (Å²) in [6, 6.07) is 0. The van der Waals surface area contributed by atoms with E-state index in [0.717, 1.165) is 0 Å². The van der Waals surface area contributed by atoms with Gasteiger partial charge in [0.05, 0.1) is 6.54 Å². The van der Waals surface area contributed by atoms with Crippen LogP contribution >= 0.6 is 34.8 Å². The van der Waals surface area contributed by atoms with Gasteiger partial charge in [-0.15, -0.1) is 0 Å². The van der Waals surface area contributed by atoms with Crippen LogP contribution in [0.1, 0.15) is 41.5 Å². The number of alkyl carbamates (subject to hydrolysis) is 1. The smallest absolute Gasteiger partial charge is 0.419 e. The van der Waals surface area contributed by atoms with Crippen molar-refractivity contribution in [3.63, 3.8) is 0 Å². The minimum atomic E-state index is -1.83. The van der Waals surface area contributed by atoms with Crippen LogP contribution in [0, 0.1) is 0 Å². The molecule has 0 atom stereocenters. The molecular weight excluding hydrogens is 411 g/mol. The molecule has 0 aromatic heterocycles. The molecule has 152 valence electrons. The fraction of sp³-hybridized carbons (Fsp3) is 0.800. The summed E-state index contributed by atoms with van der Waals surface area (Å²) in [4.78, 5) is 36.6. The average Bonchev–Trinajstić information content (AvgIpc) is 2.36. The van der Waals surface area contributed by atoms with Gasteiger partial charge in [0.1, 0.15) is 17.8 Å². The zero-order valence-corrected chi connectivity index (χ0v) is 17.9. The highest BCUT2D eigenvalue weighted by Crippen LogP contribution is 2.26. The Hall–Kier alpha value is -1.12. The van der Waals surface area contributed by atoms with Crippen molar-refractivity contribution in [3.8, 4) is 0 Å². The van der Waals surface area contributed by atoms with E-state index < -0.39 is 39.9 Å². The van der Waals surface area contributed by atoms with E-state index in [1.54, 1.807) is 41.5 Å². The van der Waals surface area contributed by atoms with Crippen molar-refractivity contribution < 1.29 is 28.6 Å². The van der Waals surface area contributed by atoms with Gasteiger partial charge in [-0.1, -0.05) is 34.8 Å². The van der Waals surface area contributed by atoms with Crippen molar-refractivity contribution >= 4 is 53.1 Å². The molecule has 0 aliphatic heterocycles. The summed E-state index contributed by atoms with van der Waals surface area (Å²) in [5.41, 5.74) is -1.53. The van der Waals surface area contributed by atoms with Crippen LogP contribution in [-0.2, 0) is 14.2 Å². The molecule has 0 rings (SSSR count). The highest BCUT2D eigenvalue weighted by atomic mass is 35.6. The number of hydrogen-bond acceptors (Lipinski definition) is 6. The van der Waals surface area contributed by atoms with Crippen LogP contribution in [-0.4, -0.2) is 57.9 Å². The van der Waals surface area contributed by atoms with Gasteiger partial charge in [-0.3, -0.25) is 0 Å². The van der Waals surface area contributed by atoms with Crippen molar-refractivity contribution in [1.82, 2.24) is 10.2 Å². The van der Waals surface area contributed by atoms with E-state index in [-0.39, 0.29) is 13.1 Å². The Morgan fingerprint density at radius 2 is 1.38 bits per heavy atom. The van der Waals surface area contributed by atoms with Crippen LogP contribution in [0.3, 0.4) is 0 Å². The summed E-state index contributed by atoms with van der Waals surface area (Å²) < 4.78 is 13.2. The maximum Gasteiger partial charge on any atom is 0.419 e. The molecule has 0 saturated heterocycles. The van der Waals surface area contributed by atoms with E-state index in [2.05, 4.69) is 5.32 Å². The van der Waals surface area contributed by atoms with Crippen LogP contribution in [0.5, 0.6) is 0 Å². The third-order valence-corrected chi connectivity index (χ3v) is 2.52. The minimum Gasteiger partial charge on any atom is -0.444 e. The van der Waals surface area contributed by atoms with E-state index in [0.29, 0.717) is 4.90 Å². The molecule has 0 aromatic rings. The van der Waals surface area contributed by atoms with E-state index in [1.807, 2.05) is 0 Å². The topological polar surface area (TPSA) is 94.2 Å². The van der Waals surface area contributed by atoms with E-state index in [9.17, 15) is 14.4 Å². The second kappa shape index (κ2) is 9.71. The molecule has 8 nitrogen and oxygen atoms in total. The number of rotatable bonds is 4. The van der Waals surface area contributed by atoms with Gasteiger partial charge in [-0.05, 0) is 41.5 Å². The SMILES string of the molecule is CC(C)(C)OC(=O)NCCN(C(=O)OCC(Cl)(Cl)Cl)C(=O)OC(C)(C)C. The second-order valence-electron chi connectivity index (χ2n) is 7.23. The molecule has 0 fully saturated rings. The minimum absolute atomic E-state index is 0.0863. The predicted molar refractivity (Wildman–Crippen MR) is 98.8 cm³/mol. The molecule has 0 unspecified atom stereocenters. The first kappa shape index (κ1) is 24.9. The average molecular weight is 436 g/mol. The zero-order chi connectivity index (χ0) is 20.8. The number of nitrogens with one attached hydrogen (secondary N) is 1. The van der Waals surface area contributed by atoms with Crippen molar-refractivity contribution in [2.24, 2.45) is 0 Å². The number of imide groups is 1. The van der Waals surface area contributed by atoms with Gasteiger partial charge in [-0.25, -0.2) is 19.3 Å². The Labute approximate surface area is 168 Å². The number of carbonyl (C=O) groups is 3. The van der Waals surface area contributed by atoms with Crippen LogP contribution in [0.15, 0.2) is 0 Å². The molecule has 0 aliphatic rings. The Kier molecular flexibility index (Phi) is 9.29. The molecule has 1 N–H and O–H groups in total. The monoisotopic (exact) mass is 434 g/mol. The lowest BCUT2D eigenvalue weighted by Crippen LogP contribution is -2.46. The van der Waals surface area contributed by atoms with Gasteiger partial charge in [0.15, 0.2) is 0 Å². The molecular formula is C15H25Cl3N2O6. The quantitative estimate of drug-likeness (QED) is 0.524. The molecule has 0 spiro atoms. The normalized spacial score (nSPS) is 12.2. The molecule has 3 amide bonds. The van der Waals surface area contributed by atoms with Crippen molar-refractivity contribution in [3.05, 3.63) is 0 Å². The van der Waals surface area contributed by atoms with E-state index in [4.69, 9.17) is 49.0 Å². The predicted octanol–water partition coefficient (Wildman–Crippen LogP) is 4.26. The Morgan fingerprint density at radius 3 is 1.81 bits per heavy atom. The lowest BCUT2D eigenvalue weighted by Gasteiger charge is -2.26. The number of hydrogen-bond donors (Lipinski definition) is 1. The largest absolute Gasteiger partial charge is 0.444 e. The summed E-state index contributed by atoms with van der Waals surface area (Å²) in [6.07, 6.45) is -2.73. The highest BCUT2D eigenvalue weighted by molar-refractivity contribution is 6.67. The maximum atomic E-state index is 12.2. The first-order valence-electron chi connectivity index (χ1n) is 7.71. The summed E-state index contributed by atoms with van der Waals surface area (Å²) >= 11 is 16.6. The second-order valence-corrected chi connectivity index (χ2v) is 9.75. The van der Waals surface area contributed by atoms with Crippen LogP contribution < -0.4 is 5.32 Å². The van der Waals surface area contributed by atoms with Gasteiger partial charge < -0.3 is 19.5 Å². The number of ether oxygens (including phenoxy) is 3. The van der Waals surface area contributed by atoms with Gasteiger partial charge in [-0.2, -0.15) is 0 Å². The fourth-order valence-corrected chi connectivity index (χ4v) is 1.54. The Bertz CT molecular complexity index is 509. The molecule has 26 heavy (non-hydrogen) atoms. The van der Waals surface area contributed by atoms with Crippen molar-refractivity contribution in [2.75, 3.05) is 19.7 Å². The number of nitrogens with zero attached hydrogens (tertiary/aromatic N) is 1. The Balaban J connectivity index is 4.85. The van der Waals surface area contributed by atoms with Crippen LogP contribution in [0.2, 0.25) is 0 Å². The van der Waals surface area contributed by atoms with Crippen LogP contribution in [0.4, 0.5) is 14.4 Å². The summed E-state index contributed by atoms with van der Waals surface area (Å²) in [5, 5.41) is 2.42. The highest BCUT2D eigenvalue weighted by Gasteiger charge is 2.31. The number of alkyl halides is 3. The standard InChI is InChI=1S/C15H25Cl3N2O6/c1-13(2,3)25-10(21)19-7-8-20(12(23)26-14(4,5)6)11(22)24-9-15(16,17)18/h7-9H2,1-6H3,(H,19,21). The van der Waals surface area contributed by atoms with Gasteiger partial charge in [0.2, 0.25) is 3.79 Å². The molecule has 0 aliphatic carbocycles. The summed E-state index contributed by atoms with van der Waals surface area (Å²) in [6.45, 7) is 9.13. The molecule has 0 bridgehead atoms. The lowest BCUT2D eigenvalue weighted by atomic mass is 10.2. The van der Waals surface area contributed by atoms with Gasteiger partial charge in [0.25, 0.3) is 0 Å². The van der Waals surface area contributed by atoms with Crippen LogP contribution in [0.25, 0.3) is 0 Å². The number of amides is 3. The first-order valence-corrected chi connectivity index (χ1v) is 8.84. The molecule has 0 aromatic carbocycles. The zero-order valence-electron chi connectivity index (χ0n) is 15.7. The number of carbonyl (C=O) groups excluding carboxylic acids is 3. The summed E-state index contributed by atoms with van der Waals surface area (Å²) in [7, 11) is 0. The van der Waals surface area contributed by atoms with E-state index in [1.165, 1.54) is 0 Å². The van der Waals surface area contributed by atoms with Gasteiger partial charge >= 0.3 is 18.3 Å². The maximum absolute atomic E-state index is 12.2.